The molecule has 0 saturated carbocycles. The molecule has 1 aliphatic heterocycles. The highest BCUT2D eigenvalue weighted by Gasteiger charge is 2.23. The van der Waals surface area contributed by atoms with E-state index in [9.17, 15) is 8.78 Å². The van der Waals surface area contributed by atoms with Crippen molar-refractivity contribution in [3.63, 3.8) is 0 Å². The van der Waals surface area contributed by atoms with Gasteiger partial charge < -0.3 is 19.3 Å². The van der Waals surface area contributed by atoms with Gasteiger partial charge in [0, 0.05) is 55.6 Å². The third-order valence-electron chi connectivity index (χ3n) is 6.12. The Morgan fingerprint density at radius 3 is 2.32 bits per heavy atom. The molecule has 1 N–H and O–H groups in total. The number of nitrogens with zero attached hydrogens (tertiary/aromatic N) is 5. The van der Waals surface area contributed by atoms with Crippen molar-refractivity contribution in [1.29, 1.82) is 0 Å². The van der Waals surface area contributed by atoms with Crippen molar-refractivity contribution >= 4 is 16.7 Å². The van der Waals surface area contributed by atoms with E-state index in [1.54, 1.807) is 18.5 Å². The van der Waals surface area contributed by atoms with Crippen molar-refractivity contribution in [1.82, 2.24) is 25.1 Å². The zero-order valence-electron chi connectivity index (χ0n) is 19.1. The second-order valence-corrected chi connectivity index (χ2v) is 8.16. The van der Waals surface area contributed by atoms with Crippen LogP contribution >= 0.6 is 0 Å². The molecule has 5 rings (SSSR count). The van der Waals surface area contributed by atoms with Gasteiger partial charge in [-0.15, -0.1) is 0 Å². The van der Waals surface area contributed by atoms with Gasteiger partial charge in [0.25, 0.3) is 0 Å². The Morgan fingerprint density at radius 1 is 0.941 bits per heavy atom. The standard InChI is InChI=1S/C24H24F2N6O2/c1-31-6-8-32(9-7-31)20-10-14(4-5-27-20)24-15-13-28-17(11-16(15)29-30-24)21-22(25)18(33-2)12-19(34-3)23(21)26/h4-5,10-13H,6-9H2,1-3H3,(H,29,30). The molecule has 0 radical (unpaired) electrons. The number of benzene rings is 1. The van der Waals surface area contributed by atoms with E-state index in [1.165, 1.54) is 20.3 Å². The number of piperazine rings is 1. The van der Waals surface area contributed by atoms with E-state index in [1.807, 2.05) is 12.1 Å². The van der Waals surface area contributed by atoms with Gasteiger partial charge in [-0.2, -0.15) is 5.10 Å². The smallest absolute Gasteiger partial charge is 0.177 e. The molecule has 4 heterocycles. The lowest BCUT2D eigenvalue weighted by atomic mass is 10.1. The minimum Gasteiger partial charge on any atom is -0.494 e. The number of fused-ring (bicyclic) bond motifs is 1. The van der Waals surface area contributed by atoms with Gasteiger partial charge in [-0.3, -0.25) is 10.1 Å². The molecular weight excluding hydrogens is 442 g/mol. The average molecular weight is 466 g/mol. The first-order chi connectivity index (χ1) is 16.5. The second-order valence-electron chi connectivity index (χ2n) is 8.16. The summed E-state index contributed by atoms with van der Waals surface area (Å²) >= 11 is 0. The van der Waals surface area contributed by atoms with Crippen LogP contribution in [0.1, 0.15) is 0 Å². The minimum atomic E-state index is -0.849. The number of ether oxygens (including phenoxy) is 2. The second kappa shape index (κ2) is 8.86. The van der Waals surface area contributed by atoms with Gasteiger partial charge in [0.15, 0.2) is 23.1 Å². The Bertz CT molecular complexity index is 1320. The van der Waals surface area contributed by atoms with E-state index in [-0.39, 0.29) is 22.8 Å². The zero-order chi connectivity index (χ0) is 23.8. The van der Waals surface area contributed by atoms with Gasteiger partial charge in [0.1, 0.15) is 11.5 Å². The number of methoxy groups -OCH3 is 2. The van der Waals surface area contributed by atoms with E-state index >= 15 is 0 Å². The maximum atomic E-state index is 15.0. The summed E-state index contributed by atoms with van der Waals surface area (Å²) in [5, 5.41) is 8.15. The van der Waals surface area contributed by atoms with Gasteiger partial charge in [-0.25, -0.2) is 13.8 Å². The number of aromatic amines is 1. The third kappa shape index (κ3) is 3.79. The van der Waals surface area contributed by atoms with Crippen LogP contribution in [0.5, 0.6) is 11.5 Å². The quantitative estimate of drug-likeness (QED) is 0.480. The first-order valence-corrected chi connectivity index (χ1v) is 10.8. The lowest BCUT2D eigenvalue weighted by Crippen LogP contribution is -2.44. The van der Waals surface area contributed by atoms with E-state index in [2.05, 4.69) is 37.0 Å². The van der Waals surface area contributed by atoms with E-state index < -0.39 is 11.6 Å². The van der Waals surface area contributed by atoms with Gasteiger partial charge in [0.05, 0.1) is 31.0 Å². The number of anilines is 1. The molecule has 4 aromatic rings. The first-order valence-electron chi connectivity index (χ1n) is 10.8. The SMILES string of the molecule is COc1cc(OC)c(F)c(-c2cc3[nH]nc(-c4ccnc(N5CCN(C)CC5)c4)c3cn2)c1F. The molecule has 8 nitrogen and oxygen atoms in total. The summed E-state index contributed by atoms with van der Waals surface area (Å²) in [6, 6.07) is 6.62. The van der Waals surface area contributed by atoms with E-state index in [4.69, 9.17) is 9.47 Å². The summed E-state index contributed by atoms with van der Waals surface area (Å²) in [6.07, 6.45) is 3.32. The monoisotopic (exact) mass is 466 g/mol. The van der Waals surface area contributed by atoms with Crippen LogP contribution in [-0.2, 0) is 0 Å². The molecule has 34 heavy (non-hydrogen) atoms. The minimum absolute atomic E-state index is 0.0998. The summed E-state index contributed by atoms with van der Waals surface area (Å²) in [5.41, 5.74) is 1.94. The Morgan fingerprint density at radius 2 is 1.65 bits per heavy atom. The summed E-state index contributed by atoms with van der Waals surface area (Å²) in [7, 11) is 4.72. The highest BCUT2D eigenvalue weighted by molar-refractivity contribution is 5.94. The maximum Gasteiger partial charge on any atom is 0.177 e. The molecule has 0 bridgehead atoms. The van der Waals surface area contributed by atoms with Crippen LogP contribution in [-0.4, -0.2) is 72.5 Å². The highest BCUT2D eigenvalue weighted by Crippen LogP contribution is 2.38. The molecule has 176 valence electrons. The van der Waals surface area contributed by atoms with E-state index in [0.29, 0.717) is 11.2 Å². The predicted molar refractivity (Wildman–Crippen MR) is 125 cm³/mol. The molecule has 0 amide bonds. The molecule has 3 aromatic heterocycles. The topological polar surface area (TPSA) is 79.4 Å². The molecular formula is C24H24F2N6O2. The van der Waals surface area contributed by atoms with Crippen LogP contribution in [0.3, 0.4) is 0 Å². The fraction of sp³-hybridized carbons (Fsp3) is 0.292. The summed E-state index contributed by atoms with van der Waals surface area (Å²) in [4.78, 5) is 13.4. The van der Waals surface area contributed by atoms with Crippen molar-refractivity contribution in [3.8, 4) is 34.0 Å². The van der Waals surface area contributed by atoms with Crippen LogP contribution in [0, 0.1) is 11.6 Å². The fourth-order valence-corrected chi connectivity index (χ4v) is 4.15. The summed E-state index contributed by atoms with van der Waals surface area (Å²) in [6.45, 7) is 3.76. The molecule has 10 heteroatoms. The third-order valence-corrected chi connectivity index (χ3v) is 6.12. The summed E-state index contributed by atoms with van der Waals surface area (Å²) in [5.74, 6) is -1.07. The molecule has 0 aliphatic carbocycles. The van der Waals surface area contributed by atoms with Crippen LogP contribution in [0.15, 0.2) is 36.7 Å². The van der Waals surface area contributed by atoms with Crippen molar-refractivity contribution in [2.45, 2.75) is 0 Å². The lowest BCUT2D eigenvalue weighted by molar-refractivity contribution is 0.312. The Balaban J connectivity index is 1.53. The number of rotatable bonds is 5. The Kier molecular flexibility index (Phi) is 5.74. The average Bonchev–Trinajstić information content (AvgIpc) is 3.28. The molecule has 1 saturated heterocycles. The number of nitrogens with one attached hydrogen (secondary N) is 1. The number of hydrogen-bond acceptors (Lipinski definition) is 7. The number of H-pyrrole nitrogens is 1. The van der Waals surface area contributed by atoms with Crippen LogP contribution in [0.25, 0.3) is 33.4 Å². The van der Waals surface area contributed by atoms with Crippen LogP contribution in [0.4, 0.5) is 14.6 Å². The molecule has 1 aliphatic rings. The van der Waals surface area contributed by atoms with Crippen LogP contribution in [0.2, 0.25) is 0 Å². The lowest BCUT2D eigenvalue weighted by Gasteiger charge is -2.33. The van der Waals surface area contributed by atoms with Crippen molar-refractivity contribution < 1.29 is 18.3 Å². The Hall–Kier alpha value is -3.79. The zero-order valence-corrected chi connectivity index (χ0v) is 19.1. The van der Waals surface area contributed by atoms with Gasteiger partial charge in [0.2, 0.25) is 0 Å². The molecule has 0 unspecified atom stereocenters. The maximum absolute atomic E-state index is 15.0. The normalized spacial score (nSPS) is 14.6. The van der Waals surface area contributed by atoms with Crippen LogP contribution < -0.4 is 14.4 Å². The summed E-state index contributed by atoms with van der Waals surface area (Å²) < 4.78 is 40.0. The number of halogens is 2. The van der Waals surface area contributed by atoms with Gasteiger partial charge in [-0.1, -0.05) is 0 Å². The Labute approximate surface area is 195 Å². The number of hydrogen-bond donors (Lipinski definition) is 1. The van der Waals surface area contributed by atoms with Crippen molar-refractivity contribution in [2.75, 3.05) is 52.3 Å². The molecule has 0 atom stereocenters. The van der Waals surface area contributed by atoms with Crippen molar-refractivity contribution in [2.24, 2.45) is 0 Å². The number of pyridine rings is 2. The van der Waals surface area contributed by atoms with Crippen molar-refractivity contribution in [3.05, 3.63) is 48.3 Å². The fourth-order valence-electron chi connectivity index (χ4n) is 4.15. The number of aromatic nitrogens is 4. The number of likely N-dealkylation sites (N-methyl/N-ethyl adjacent to an activating group) is 1. The molecule has 1 fully saturated rings. The van der Waals surface area contributed by atoms with E-state index in [0.717, 1.165) is 42.9 Å². The molecule has 1 aromatic carbocycles. The molecule has 0 spiro atoms. The van der Waals surface area contributed by atoms with Gasteiger partial charge >= 0.3 is 0 Å². The largest absolute Gasteiger partial charge is 0.494 e. The first kappa shape index (κ1) is 22.0. The predicted octanol–water partition coefficient (Wildman–Crippen LogP) is 3.73. The highest BCUT2D eigenvalue weighted by atomic mass is 19.1. The van der Waals surface area contributed by atoms with Gasteiger partial charge in [-0.05, 0) is 25.2 Å².